The molecule has 0 radical (unpaired) electrons. The molecule has 2 fully saturated rings. The van der Waals surface area contributed by atoms with Crippen LogP contribution in [-0.4, -0.2) is 56.7 Å². The number of nitrogens with zero attached hydrogens (tertiary/aromatic N) is 2. The first-order valence-corrected chi connectivity index (χ1v) is 9.14. The van der Waals surface area contributed by atoms with Crippen LogP contribution in [0.5, 0.6) is 0 Å². The Balaban J connectivity index is 1.59. The van der Waals surface area contributed by atoms with Gasteiger partial charge in [0.1, 0.15) is 0 Å². The number of benzene rings is 1. The van der Waals surface area contributed by atoms with Crippen molar-refractivity contribution in [2.75, 3.05) is 30.9 Å². The molecule has 3 rings (SSSR count). The molecule has 1 heterocycles. The molecule has 126 valence electrons. The van der Waals surface area contributed by atoms with Gasteiger partial charge in [-0.05, 0) is 49.9 Å². The first kappa shape index (κ1) is 16.4. The van der Waals surface area contributed by atoms with Gasteiger partial charge in [0.15, 0.2) is 0 Å². The molecule has 6 nitrogen and oxygen atoms in total. The third-order valence-corrected chi connectivity index (χ3v) is 4.93. The second-order valence-electron chi connectivity index (χ2n) is 6.48. The van der Waals surface area contributed by atoms with Crippen molar-refractivity contribution in [3.05, 3.63) is 29.8 Å². The quantitative estimate of drug-likeness (QED) is 0.804. The molecule has 2 N–H and O–H groups in total. The van der Waals surface area contributed by atoms with Gasteiger partial charge >= 0.3 is 0 Å². The highest BCUT2D eigenvalue weighted by Gasteiger charge is 2.31. The van der Waals surface area contributed by atoms with Crippen molar-refractivity contribution < 1.29 is 13.6 Å². The zero-order valence-corrected chi connectivity index (χ0v) is 14.1. The Kier molecular flexibility index (Phi) is 4.99. The molecule has 0 spiro atoms. The van der Waals surface area contributed by atoms with E-state index in [0.717, 1.165) is 25.6 Å². The molecule has 1 aromatic rings. The summed E-state index contributed by atoms with van der Waals surface area (Å²) in [7, 11) is 0. The summed E-state index contributed by atoms with van der Waals surface area (Å²) in [5.74, 6) is 0.904. The van der Waals surface area contributed by atoms with Crippen LogP contribution in [0, 0.1) is 5.92 Å². The van der Waals surface area contributed by atoms with E-state index in [1.165, 1.54) is 19.4 Å². The van der Waals surface area contributed by atoms with Crippen LogP contribution in [0.4, 0.5) is 5.69 Å². The predicted molar refractivity (Wildman–Crippen MR) is 90.5 cm³/mol. The van der Waals surface area contributed by atoms with Gasteiger partial charge in [-0.3, -0.25) is 19.0 Å². The van der Waals surface area contributed by atoms with Crippen LogP contribution in [0.25, 0.3) is 0 Å². The maximum absolute atomic E-state index is 12.7. The normalized spacial score (nSPS) is 23.6. The van der Waals surface area contributed by atoms with Gasteiger partial charge in [-0.25, -0.2) is 4.21 Å². The zero-order chi connectivity index (χ0) is 16.4. The van der Waals surface area contributed by atoms with Crippen LogP contribution in [0.2, 0.25) is 0 Å². The standard InChI is InChI=1S/C16H23N3O3S/c1-12-10-18(11-13-2-3-13)8-9-19(12)16(20)14-4-6-15(7-5-14)17-23(21)22/h4-7,12-13,17H,2-3,8-11H2,1H3,(H,21,22)/t12-/m0/s1. The maximum Gasteiger partial charge on any atom is 0.259 e. The Morgan fingerprint density at radius 2 is 2.00 bits per heavy atom. The minimum absolute atomic E-state index is 0.0280. The fourth-order valence-corrected chi connectivity index (χ4v) is 3.45. The number of rotatable bonds is 5. The van der Waals surface area contributed by atoms with Crippen molar-refractivity contribution in [2.24, 2.45) is 5.92 Å². The summed E-state index contributed by atoms with van der Waals surface area (Å²) in [6, 6.07) is 6.89. The highest BCUT2D eigenvalue weighted by atomic mass is 32.2. The van der Waals surface area contributed by atoms with E-state index in [9.17, 15) is 9.00 Å². The summed E-state index contributed by atoms with van der Waals surface area (Å²) in [6.45, 7) is 5.90. The van der Waals surface area contributed by atoms with Crippen LogP contribution in [0.1, 0.15) is 30.1 Å². The number of hydrogen-bond donors (Lipinski definition) is 2. The molecule has 1 aromatic carbocycles. The lowest BCUT2D eigenvalue weighted by atomic mass is 10.1. The number of carbonyl (C=O) groups excluding carboxylic acids is 1. The Morgan fingerprint density at radius 1 is 1.30 bits per heavy atom. The number of piperazine rings is 1. The van der Waals surface area contributed by atoms with Gasteiger partial charge in [0.25, 0.3) is 17.2 Å². The van der Waals surface area contributed by atoms with Crippen molar-refractivity contribution in [2.45, 2.75) is 25.8 Å². The van der Waals surface area contributed by atoms with E-state index in [2.05, 4.69) is 16.5 Å². The number of hydrogen-bond acceptors (Lipinski definition) is 3. The summed E-state index contributed by atoms with van der Waals surface area (Å²) in [4.78, 5) is 17.1. The van der Waals surface area contributed by atoms with Crippen molar-refractivity contribution in [1.82, 2.24) is 9.80 Å². The van der Waals surface area contributed by atoms with Gasteiger partial charge in [0.05, 0.1) is 0 Å². The molecule has 1 unspecified atom stereocenters. The molecular weight excluding hydrogens is 314 g/mol. The summed E-state index contributed by atoms with van der Waals surface area (Å²) >= 11 is -2.10. The molecule has 23 heavy (non-hydrogen) atoms. The van der Waals surface area contributed by atoms with Gasteiger partial charge in [0.2, 0.25) is 0 Å². The average molecular weight is 337 g/mol. The number of anilines is 1. The van der Waals surface area contributed by atoms with E-state index in [1.807, 2.05) is 4.90 Å². The molecule has 2 atom stereocenters. The summed E-state index contributed by atoms with van der Waals surface area (Å²) in [6.07, 6.45) is 2.71. The molecule has 1 amide bonds. The Labute approximate surface area is 139 Å². The monoisotopic (exact) mass is 337 g/mol. The fraction of sp³-hybridized carbons (Fsp3) is 0.562. The Morgan fingerprint density at radius 3 is 2.57 bits per heavy atom. The predicted octanol–water partition coefficient (Wildman–Crippen LogP) is 1.79. The minimum atomic E-state index is -2.10. The summed E-state index contributed by atoms with van der Waals surface area (Å²) < 4.78 is 21.9. The second kappa shape index (κ2) is 6.98. The molecule has 1 aliphatic heterocycles. The molecule has 0 aromatic heterocycles. The van der Waals surface area contributed by atoms with Crippen molar-refractivity contribution in [3.63, 3.8) is 0 Å². The SMILES string of the molecule is C[C@H]1CN(CC2CC2)CCN1C(=O)c1ccc(NS(=O)O)cc1. The van der Waals surface area contributed by atoms with Crippen molar-refractivity contribution in [3.8, 4) is 0 Å². The average Bonchev–Trinajstić information content (AvgIpc) is 3.31. The van der Waals surface area contributed by atoms with Crippen LogP contribution in [0.3, 0.4) is 0 Å². The van der Waals surface area contributed by atoms with Crippen molar-refractivity contribution >= 4 is 22.9 Å². The number of nitrogens with one attached hydrogen (secondary N) is 1. The van der Waals surface area contributed by atoms with Gasteiger partial charge in [-0.15, -0.1) is 0 Å². The van der Waals surface area contributed by atoms with E-state index < -0.39 is 11.3 Å². The van der Waals surface area contributed by atoms with E-state index in [1.54, 1.807) is 24.3 Å². The highest BCUT2D eigenvalue weighted by Crippen LogP contribution is 2.30. The van der Waals surface area contributed by atoms with Gasteiger partial charge < -0.3 is 4.90 Å². The van der Waals surface area contributed by atoms with Crippen LogP contribution < -0.4 is 4.72 Å². The van der Waals surface area contributed by atoms with Crippen LogP contribution in [0.15, 0.2) is 24.3 Å². The van der Waals surface area contributed by atoms with E-state index in [-0.39, 0.29) is 11.9 Å². The lowest BCUT2D eigenvalue weighted by molar-refractivity contribution is 0.0482. The van der Waals surface area contributed by atoms with Crippen LogP contribution >= 0.6 is 0 Å². The topological polar surface area (TPSA) is 72.9 Å². The lowest BCUT2D eigenvalue weighted by Crippen LogP contribution is -2.54. The minimum Gasteiger partial charge on any atom is -0.333 e. The van der Waals surface area contributed by atoms with E-state index in [0.29, 0.717) is 11.3 Å². The lowest BCUT2D eigenvalue weighted by Gasteiger charge is -2.40. The van der Waals surface area contributed by atoms with Crippen molar-refractivity contribution in [1.29, 1.82) is 0 Å². The Hall–Kier alpha value is -1.44. The van der Waals surface area contributed by atoms with Gasteiger partial charge in [0, 0.05) is 43.5 Å². The molecule has 1 saturated carbocycles. The first-order chi connectivity index (χ1) is 11.0. The number of amides is 1. The zero-order valence-electron chi connectivity index (χ0n) is 13.3. The molecule has 1 aliphatic carbocycles. The van der Waals surface area contributed by atoms with Gasteiger partial charge in [-0.2, -0.15) is 0 Å². The Bertz CT molecular complexity index is 589. The van der Waals surface area contributed by atoms with E-state index >= 15 is 0 Å². The smallest absolute Gasteiger partial charge is 0.259 e. The first-order valence-electron chi connectivity index (χ1n) is 8.04. The summed E-state index contributed by atoms with van der Waals surface area (Å²) in [5, 5.41) is 0. The largest absolute Gasteiger partial charge is 0.333 e. The third kappa shape index (κ3) is 4.31. The van der Waals surface area contributed by atoms with Crippen LogP contribution in [-0.2, 0) is 11.3 Å². The fourth-order valence-electron chi connectivity index (χ4n) is 3.11. The van der Waals surface area contributed by atoms with Gasteiger partial charge in [-0.1, -0.05) is 0 Å². The summed E-state index contributed by atoms with van der Waals surface area (Å²) in [5.41, 5.74) is 1.13. The second-order valence-corrected chi connectivity index (χ2v) is 7.18. The molecule has 7 heteroatoms. The number of carbonyl (C=O) groups is 1. The highest BCUT2D eigenvalue weighted by molar-refractivity contribution is 7.80. The molecular formula is C16H23N3O3S. The third-order valence-electron chi connectivity index (χ3n) is 4.52. The molecule has 1 saturated heterocycles. The molecule has 0 bridgehead atoms. The van der Waals surface area contributed by atoms with E-state index in [4.69, 9.17) is 4.55 Å². The molecule has 2 aliphatic rings. The maximum atomic E-state index is 12.7.